The Balaban J connectivity index is 1.66. The highest BCUT2D eigenvalue weighted by Gasteiger charge is 2.31. The van der Waals surface area contributed by atoms with Gasteiger partial charge in [-0.2, -0.15) is 4.31 Å². The van der Waals surface area contributed by atoms with Crippen molar-refractivity contribution < 1.29 is 18.3 Å². The lowest BCUT2D eigenvalue weighted by atomic mass is 10.1. The lowest BCUT2D eigenvalue weighted by molar-refractivity contribution is 0.151. The topological polar surface area (TPSA) is 110 Å². The summed E-state index contributed by atoms with van der Waals surface area (Å²) in [5.74, 6) is 1.66. The van der Waals surface area contributed by atoms with E-state index in [0.717, 1.165) is 36.4 Å². The molecule has 0 bridgehead atoms. The quantitative estimate of drug-likeness (QED) is 0.397. The van der Waals surface area contributed by atoms with Crippen molar-refractivity contribution in [2.24, 2.45) is 10.9 Å². The van der Waals surface area contributed by atoms with Gasteiger partial charge in [0.15, 0.2) is 0 Å². The second-order valence-corrected chi connectivity index (χ2v) is 12.0. The standard InChI is InChI=1S/C26H40N6O4S/c1-5-6-22-25-23(30(4)29-22)18-27-26(28-25)21-17-20(7-8-24(21)36-16-9-19(2)3)37(34,35)32-12-10-31(11-13-32)14-15-33/h7-8,17-19,29,33H,5-6,9-16H2,1-4H3,(H,27,28). The zero-order valence-electron chi connectivity index (χ0n) is 22.3. The van der Waals surface area contributed by atoms with E-state index in [-0.39, 0.29) is 11.5 Å². The Hall–Kier alpha value is -2.60. The summed E-state index contributed by atoms with van der Waals surface area (Å²) in [6.07, 6.45) is 4.56. The van der Waals surface area contributed by atoms with E-state index in [1.807, 2.05) is 12.1 Å². The van der Waals surface area contributed by atoms with Crippen LogP contribution in [-0.4, -0.2) is 86.6 Å². The zero-order chi connectivity index (χ0) is 26.6. The van der Waals surface area contributed by atoms with Gasteiger partial charge in [0, 0.05) is 39.8 Å². The molecule has 4 rings (SSSR count). The first kappa shape index (κ1) is 27.4. The van der Waals surface area contributed by atoms with Crippen molar-refractivity contribution in [2.75, 3.05) is 53.0 Å². The molecular formula is C26H40N6O4S. The molecule has 1 aromatic carbocycles. The SMILES string of the molecule is CCCC1=C2NC(c3cc(S(=O)(=O)N4CCN(CCO)CC4)ccc3OCCC(C)C)=NC=C2N(C)N1. The molecule has 0 amide bonds. The van der Waals surface area contributed by atoms with Crippen LogP contribution in [0.25, 0.3) is 0 Å². The molecule has 37 heavy (non-hydrogen) atoms. The van der Waals surface area contributed by atoms with Crippen LogP contribution in [-0.2, 0) is 10.0 Å². The Kier molecular flexibility index (Phi) is 8.79. The summed E-state index contributed by atoms with van der Waals surface area (Å²) in [5, 5.41) is 14.6. The van der Waals surface area contributed by atoms with Gasteiger partial charge in [0.25, 0.3) is 0 Å². The van der Waals surface area contributed by atoms with E-state index >= 15 is 0 Å². The van der Waals surface area contributed by atoms with E-state index in [2.05, 4.69) is 41.4 Å². The summed E-state index contributed by atoms with van der Waals surface area (Å²) in [6.45, 7) is 9.55. The molecule has 0 radical (unpaired) electrons. The Labute approximate surface area is 220 Å². The molecule has 3 heterocycles. The molecule has 0 aromatic heterocycles. The second kappa shape index (κ2) is 11.8. The largest absolute Gasteiger partial charge is 0.493 e. The van der Waals surface area contributed by atoms with Crippen molar-refractivity contribution >= 4 is 15.9 Å². The number of aliphatic imine (C=N–C) groups is 1. The number of hydrogen-bond acceptors (Lipinski definition) is 9. The van der Waals surface area contributed by atoms with Crippen LogP contribution in [0.5, 0.6) is 5.75 Å². The van der Waals surface area contributed by atoms with Crippen LogP contribution in [0, 0.1) is 5.92 Å². The smallest absolute Gasteiger partial charge is 0.243 e. The van der Waals surface area contributed by atoms with Crippen LogP contribution in [0.1, 0.15) is 45.6 Å². The maximum Gasteiger partial charge on any atom is 0.243 e. The number of piperazine rings is 1. The number of fused-ring (bicyclic) bond motifs is 1. The fourth-order valence-corrected chi connectivity index (χ4v) is 6.09. The number of hydrazine groups is 1. The maximum absolute atomic E-state index is 13.6. The van der Waals surface area contributed by atoms with Gasteiger partial charge in [0.2, 0.25) is 10.0 Å². The predicted molar refractivity (Wildman–Crippen MR) is 144 cm³/mol. The Morgan fingerprint density at radius 1 is 1.19 bits per heavy atom. The van der Waals surface area contributed by atoms with Crippen LogP contribution >= 0.6 is 0 Å². The number of amidine groups is 1. The molecule has 0 saturated carbocycles. The van der Waals surface area contributed by atoms with Gasteiger partial charge in [0.05, 0.1) is 41.3 Å². The number of β-amino-alcohol motifs (C(OH)–C–C–N with tert-alkyl or cyclic N) is 1. The normalized spacial score (nSPS) is 18.9. The number of nitrogens with one attached hydrogen (secondary N) is 2. The van der Waals surface area contributed by atoms with Gasteiger partial charge in [-0.15, -0.1) is 0 Å². The van der Waals surface area contributed by atoms with E-state index in [1.54, 1.807) is 24.4 Å². The Morgan fingerprint density at radius 3 is 2.62 bits per heavy atom. The third kappa shape index (κ3) is 6.11. The number of benzene rings is 1. The maximum atomic E-state index is 13.6. The first-order valence-corrected chi connectivity index (χ1v) is 14.6. The number of nitrogens with zero attached hydrogens (tertiary/aromatic N) is 4. The van der Waals surface area contributed by atoms with E-state index in [0.29, 0.717) is 62.4 Å². The highest BCUT2D eigenvalue weighted by Crippen LogP contribution is 2.31. The van der Waals surface area contributed by atoms with Crippen molar-refractivity contribution in [3.05, 3.63) is 47.1 Å². The third-order valence-electron chi connectivity index (χ3n) is 6.83. The highest BCUT2D eigenvalue weighted by atomic mass is 32.2. The van der Waals surface area contributed by atoms with Gasteiger partial charge in [-0.25, -0.2) is 13.4 Å². The molecule has 1 aromatic rings. The van der Waals surface area contributed by atoms with Crippen LogP contribution in [0.3, 0.4) is 0 Å². The first-order chi connectivity index (χ1) is 17.7. The molecule has 0 spiro atoms. The molecule has 11 heteroatoms. The molecule has 1 saturated heterocycles. The number of aliphatic hydroxyl groups is 1. The van der Waals surface area contributed by atoms with Crippen molar-refractivity contribution in [3.63, 3.8) is 0 Å². The van der Waals surface area contributed by atoms with E-state index in [4.69, 9.17) is 4.74 Å². The van der Waals surface area contributed by atoms with Gasteiger partial charge < -0.3 is 20.6 Å². The third-order valence-corrected chi connectivity index (χ3v) is 8.72. The first-order valence-electron chi connectivity index (χ1n) is 13.1. The highest BCUT2D eigenvalue weighted by molar-refractivity contribution is 7.89. The van der Waals surface area contributed by atoms with Gasteiger partial charge >= 0.3 is 0 Å². The Bertz CT molecular complexity index is 1170. The number of likely N-dealkylation sites (N-methyl/N-ethyl adjacent to an activating group) is 1. The summed E-state index contributed by atoms with van der Waals surface area (Å²) in [5.41, 5.74) is 6.98. The van der Waals surface area contributed by atoms with Gasteiger partial charge in [-0.05, 0) is 37.0 Å². The predicted octanol–water partition coefficient (Wildman–Crippen LogP) is 2.06. The minimum absolute atomic E-state index is 0.0708. The number of aliphatic hydroxyl groups excluding tert-OH is 1. The van der Waals surface area contributed by atoms with Gasteiger partial charge in [-0.1, -0.05) is 27.2 Å². The van der Waals surface area contributed by atoms with Gasteiger partial charge in [-0.3, -0.25) is 9.91 Å². The monoisotopic (exact) mass is 532 g/mol. The lowest BCUT2D eigenvalue weighted by Crippen LogP contribution is -2.49. The van der Waals surface area contributed by atoms with Crippen LogP contribution in [0.15, 0.2) is 51.4 Å². The van der Waals surface area contributed by atoms with Crippen LogP contribution < -0.4 is 15.5 Å². The molecule has 3 N–H and O–H groups in total. The van der Waals surface area contributed by atoms with Crippen molar-refractivity contribution in [2.45, 2.75) is 44.9 Å². The molecule has 3 aliphatic heterocycles. The summed E-state index contributed by atoms with van der Waals surface area (Å²) in [4.78, 5) is 6.96. The molecule has 1 fully saturated rings. The average Bonchev–Trinajstić information content (AvgIpc) is 3.19. The van der Waals surface area contributed by atoms with Crippen molar-refractivity contribution in [3.8, 4) is 5.75 Å². The van der Waals surface area contributed by atoms with E-state index in [1.165, 1.54) is 4.31 Å². The summed E-state index contributed by atoms with van der Waals surface area (Å²) >= 11 is 0. The number of allylic oxidation sites excluding steroid dienone is 1. The van der Waals surface area contributed by atoms with Gasteiger partial charge in [0.1, 0.15) is 17.3 Å². The van der Waals surface area contributed by atoms with Crippen LogP contribution in [0.4, 0.5) is 0 Å². The minimum Gasteiger partial charge on any atom is -0.493 e. The average molecular weight is 533 g/mol. The fourth-order valence-electron chi connectivity index (χ4n) is 4.64. The molecule has 204 valence electrons. The van der Waals surface area contributed by atoms with E-state index in [9.17, 15) is 13.5 Å². The fraction of sp³-hybridized carbons (Fsp3) is 0.577. The number of hydrogen-bond donors (Lipinski definition) is 3. The molecule has 3 aliphatic rings. The minimum atomic E-state index is -3.70. The zero-order valence-corrected chi connectivity index (χ0v) is 23.1. The van der Waals surface area contributed by atoms with Crippen LogP contribution in [0.2, 0.25) is 0 Å². The van der Waals surface area contributed by atoms with Crippen molar-refractivity contribution in [1.82, 2.24) is 25.0 Å². The molecule has 0 aliphatic carbocycles. The Morgan fingerprint density at radius 2 is 1.95 bits per heavy atom. The molecule has 0 unspecified atom stereocenters. The number of sulfonamides is 1. The molecule has 0 atom stereocenters. The lowest BCUT2D eigenvalue weighted by Gasteiger charge is -2.33. The summed E-state index contributed by atoms with van der Waals surface area (Å²) in [6, 6.07) is 5.05. The summed E-state index contributed by atoms with van der Waals surface area (Å²) < 4.78 is 34.8. The number of ether oxygens (including phenoxy) is 1. The number of rotatable bonds is 11. The molecular weight excluding hydrogens is 492 g/mol. The summed E-state index contributed by atoms with van der Waals surface area (Å²) in [7, 11) is -1.75. The molecule has 10 nitrogen and oxygen atoms in total. The second-order valence-electron chi connectivity index (χ2n) is 10.0. The van der Waals surface area contributed by atoms with E-state index < -0.39 is 10.0 Å². The van der Waals surface area contributed by atoms with Crippen molar-refractivity contribution in [1.29, 1.82) is 0 Å².